The molecule has 0 N–H and O–H groups in total. The standard InChI is InChI=1S/C21H24N4O3S/c1-11-7-13(3)16(8-12(11)2)18(26)10-28-19(27)9-17-14(4)22-20-23-21(29-6)24-25(20)15(17)5/h7-8H,9-10H2,1-6H3. The molecule has 7 nitrogen and oxygen atoms in total. The van der Waals surface area contributed by atoms with Crippen LogP contribution in [0.4, 0.5) is 0 Å². The quantitative estimate of drug-likeness (QED) is 0.348. The summed E-state index contributed by atoms with van der Waals surface area (Å²) >= 11 is 1.43. The Labute approximate surface area is 173 Å². The summed E-state index contributed by atoms with van der Waals surface area (Å²) in [6.45, 7) is 9.26. The molecule has 0 fully saturated rings. The van der Waals surface area contributed by atoms with E-state index in [0.717, 1.165) is 27.9 Å². The number of thioether (sulfide) groups is 1. The Morgan fingerprint density at radius 2 is 1.72 bits per heavy atom. The largest absolute Gasteiger partial charge is 0.457 e. The van der Waals surface area contributed by atoms with Crippen LogP contribution in [0.5, 0.6) is 0 Å². The maximum atomic E-state index is 12.5. The lowest BCUT2D eigenvalue weighted by atomic mass is 9.98. The van der Waals surface area contributed by atoms with Gasteiger partial charge in [-0.25, -0.2) is 9.50 Å². The summed E-state index contributed by atoms with van der Waals surface area (Å²) in [6, 6.07) is 3.82. The number of hydrogen-bond acceptors (Lipinski definition) is 7. The molecule has 3 rings (SSSR count). The van der Waals surface area contributed by atoms with E-state index in [1.165, 1.54) is 11.8 Å². The van der Waals surface area contributed by atoms with E-state index >= 15 is 0 Å². The van der Waals surface area contributed by atoms with Gasteiger partial charge in [0.25, 0.3) is 5.78 Å². The minimum atomic E-state index is -0.475. The van der Waals surface area contributed by atoms with Crippen LogP contribution in [0, 0.1) is 34.6 Å². The first-order chi connectivity index (χ1) is 13.7. The van der Waals surface area contributed by atoms with Crippen molar-refractivity contribution in [1.29, 1.82) is 0 Å². The zero-order valence-electron chi connectivity index (χ0n) is 17.5. The molecule has 0 spiro atoms. The third kappa shape index (κ3) is 4.32. The highest BCUT2D eigenvalue weighted by molar-refractivity contribution is 7.98. The minimum Gasteiger partial charge on any atom is -0.457 e. The number of benzene rings is 1. The number of aryl methyl sites for hydroxylation is 5. The Morgan fingerprint density at radius 1 is 1.03 bits per heavy atom. The molecule has 0 aliphatic carbocycles. The fourth-order valence-corrected chi connectivity index (χ4v) is 3.55. The van der Waals surface area contributed by atoms with E-state index in [9.17, 15) is 9.59 Å². The van der Waals surface area contributed by atoms with Gasteiger partial charge in [-0.1, -0.05) is 17.8 Å². The Kier molecular flexibility index (Phi) is 6.02. The van der Waals surface area contributed by atoms with Crippen molar-refractivity contribution in [2.45, 2.75) is 46.2 Å². The van der Waals surface area contributed by atoms with E-state index in [-0.39, 0.29) is 18.8 Å². The fraction of sp³-hybridized carbons (Fsp3) is 0.381. The number of carbonyl (C=O) groups is 2. The lowest BCUT2D eigenvalue weighted by Crippen LogP contribution is -2.18. The van der Waals surface area contributed by atoms with Crippen LogP contribution in [0.1, 0.15) is 44.0 Å². The smallest absolute Gasteiger partial charge is 0.310 e. The molecule has 29 heavy (non-hydrogen) atoms. The number of ketones is 1. The van der Waals surface area contributed by atoms with Crippen molar-refractivity contribution in [3.05, 3.63) is 51.3 Å². The van der Waals surface area contributed by atoms with E-state index in [4.69, 9.17) is 4.74 Å². The van der Waals surface area contributed by atoms with Crippen molar-refractivity contribution in [3.63, 3.8) is 0 Å². The number of hydrogen-bond donors (Lipinski definition) is 0. The van der Waals surface area contributed by atoms with E-state index in [1.807, 2.05) is 53.0 Å². The topological polar surface area (TPSA) is 86.5 Å². The Balaban J connectivity index is 1.73. The van der Waals surface area contributed by atoms with Gasteiger partial charge in [0, 0.05) is 22.5 Å². The third-order valence-corrected chi connectivity index (χ3v) is 5.58. The molecule has 8 heteroatoms. The van der Waals surface area contributed by atoms with Gasteiger partial charge in [-0.15, -0.1) is 5.10 Å². The number of aromatic nitrogens is 4. The van der Waals surface area contributed by atoms with Crippen LogP contribution in [0.3, 0.4) is 0 Å². The second-order valence-corrected chi connectivity index (χ2v) is 7.86. The average molecular weight is 413 g/mol. The maximum absolute atomic E-state index is 12.5. The molecule has 0 unspecified atom stereocenters. The summed E-state index contributed by atoms with van der Waals surface area (Å²) in [4.78, 5) is 33.7. The molecule has 152 valence electrons. The number of Topliss-reactive ketones (excluding diaryl/α,β-unsaturated/α-hetero) is 1. The number of ether oxygens (including phenoxy) is 1. The van der Waals surface area contributed by atoms with Crippen molar-refractivity contribution >= 4 is 29.3 Å². The molecule has 0 aliphatic heterocycles. The molecule has 2 heterocycles. The first-order valence-corrected chi connectivity index (χ1v) is 10.5. The fourth-order valence-electron chi connectivity index (χ4n) is 3.21. The predicted molar refractivity (Wildman–Crippen MR) is 112 cm³/mol. The molecule has 0 atom stereocenters. The van der Waals surface area contributed by atoms with Gasteiger partial charge in [-0.2, -0.15) is 4.98 Å². The predicted octanol–water partition coefficient (Wildman–Crippen LogP) is 3.36. The summed E-state index contributed by atoms with van der Waals surface area (Å²) in [5, 5.41) is 5.00. The lowest BCUT2D eigenvalue weighted by Gasteiger charge is -2.11. The van der Waals surface area contributed by atoms with Crippen LogP contribution in [0.2, 0.25) is 0 Å². The molecule has 2 aromatic heterocycles. The van der Waals surface area contributed by atoms with E-state index in [0.29, 0.717) is 22.2 Å². The van der Waals surface area contributed by atoms with Gasteiger partial charge < -0.3 is 4.74 Å². The second kappa shape index (κ2) is 8.32. The van der Waals surface area contributed by atoms with Crippen molar-refractivity contribution in [1.82, 2.24) is 19.6 Å². The third-order valence-electron chi connectivity index (χ3n) is 5.04. The molecule has 0 saturated carbocycles. The van der Waals surface area contributed by atoms with Crippen LogP contribution in [-0.2, 0) is 16.0 Å². The molecule has 0 bridgehead atoms. The zero-order chi connectivity index (χ0) is 21.3. The van der Waals surface area contributed by atoms with Crippen LogP contribution < -0.4 is 0 Å². The van der Waals surface area contributed by atoms with Crippen LogP contribution in [0.25, 0.3) is 5.78 Å². The lowest BCUT2D eigenvalue weighted by molar-refractivity contribution is -0.141. The molecular formula is C21H24N4O3S. The highest BCUT2D eigenvalue weighted by Crippen LogP contribution is 2.18. The van der Waals surface area contributed by atoms with Gasteiger partial charge in [0.15, 0.2) is 6.61 Å². The first-order valence-electron chi connectivity index (χ1n) is 9.24. The van der Waals surface area contributed by atoms with Gasteiger partial charge >= 0.3 is 5.97 Å². The highest BCUT2D eigenvalue weighted by Gasteiger charge is 2.18. The van der Waals surface area contributed by atoms with Gasteiger partial charge in [0.05, 0.1) is 6.42 Å². The van der Waals surface area contributed by atoms with Gasteiger partial charge in [-0.3, -0.25) is 9.59 Å². The first kappa shape index (κ1) is 21.0. The van der Waals surface area contributed by atoms with Crippen molar-refractivity contribution in [3.8, 4) is 0 Å². The normalized spacial score (nSPS) is 11.1. The Morgan fingerprint density at radius 3 is 2.41 bits per heavy atom. The maximum Gasteiger partial charge on any atom is 0.310 e. The van der Waals surface area contributed by atoms with E-state index in [1.54, 1.807) is 4.52 Å². The Hall–Kier alpha value is -2.74. The van der Waals surface area contributed by atoms with Crippen LogP contribution >= 0.6 is 11.8 Å². The van der Waals surface area contributed by atoms with E-state index in [2.05, 4.69) is 15.1 Å². The number of rotatable bonds is 6. The number of fused-ring (bicyclic) bond motifs is 1. The zero-order valence-corrected chi connectivity index (χ0v) is 18.3. The Bertz CT molecular complexity index is 1120. The summed E-state index contributed by atoms with van der Waals surface area (Å²) in [6.07, 6.45) is 1.91. The molecule has 0 radical (unpaired) electrons. The van der Waals surface area contributed by atoms with Crippen molar-refractivity contribution < 1.29 is 14.3 Å². The molecule has 0 amide bonds. The van der Waals surface area contributed by atoms with Gasteiger partial charge in [0.2, 0.25) is 10.9 Å². The molecular weight excluding hydrogens is 388 g/mol. The summed E-state index contributed by atoms with van der Waals surface area (Å²) in [5.74, 6) is -0.180. The highest BCUT2D eigenvalue weighted by atomic mass is 32.2. The number of nitrogens with zero attached hydrogens (tertiary/aromatic N) is 4. The minimum absolute atomic E-state index is 0.0221. The van der Waals surface area contributed by atoms with Gasteiger partial charge in [0.1, 0.15) is 0 Å². The van der Waals surface area contributed by atoms with Crippen molar-refractivity contribution in [2.75, 3.05) is 12.9 Å². The summed E-state index contributed by atoms with van der Waals surface area (Å²) in [7, 11) is 0. The molecule has 0 aliphatic rings. The van der Waals surface area contributed by atoms with Crippen molar-refractivity contribution in [2.24, 2.45) is 0 Å². The average Bonchev–Trinajstić information content (AvgIpc) is 3.09. The van der Waals surface area contributed by atoms with Crippen LogP contribution in [0.15, 0.2) is 17.3 Å². The molecule has 0 saturated heterocycles. The second-order valence-electron chi connectivity index (χ2n) is 7.08. The molecule has 3 aromatic rings. The van der Waals surface area contributed by atoms with E-state index < -0.39 is 5.97 Å². The number of carbonyl (C=O) groups excluding carboxylic acids is 2. The monoisotopic (exact) mass is 412 g/mol. The van der Waals surface area contributed by atoms with Crippen LogP contribution in [-0.4, -0.2) is 44.2 Å². The summed E-state index contributed by atoms with van der Waals surface area (Å²) < 4.78 is 6.90. The SMILES string of the molecule is CSc1nc2nc(C)c(CC(=O)OCC(=O)c3cc(C)c(C)cc3C)c(C)n2n1. The number of esters is 1. The van der Waals surface area contributed by atoms with Gasteiger partial charge in [-0.05, 0) is 63.6 Å². The summed E-state index contributed by atoms with van der Waals surface area (Å²) in [5.41, 5.74) is 5.84. The molecule has 1 aromatic carbocycles.